The van der Waals surface area contributed by atoms with Crippen molar-refractivity contribution in [3.63, 3.8) is 0 Å². The maximum absolute atomic E-state index is 6.26. The molecule has 0 aliphatic heterocycles. The van der Waals surface area contributed by atoms with Crippen molar-refractivity contribution in [3.05, 3.63) is 60.7 Å². The van der Waals surface area contributed by atoms with Gasteiger partial charge in [-0.1, -0.05) is 60.7 Å². The van der Waals surface area contributed by atoms with Gasteiger partial charge in [-0.3, -0.25) is 0 Å². The Morgan fingerprint density at radius 1 is 0.409 bits per heavy atom. The van der Waals surface area contributed by atoms with Crippen LogP contribution in [0.5, 0.6) is 0 Å². The summed E-state index contributed by atoms with van der Waals surface area (Å²) >= 11 is 0. The lowest BCUT2D eigenvalue weighted by Crippen LogP contribution is -2.08. The number of benzene rings is 3. The Morgan fingerprint density at radius 3 is 1.05 bits per heavy atom. The van der Waals surface area contributed by atoms with Crippen LogP contribution in [-0.4, -0.2) is 0 Å². The number of rotatable bonds is 2. The van der Waals surface area contributed by atoms with E-state index < -0.39 is 0 Å². The Morgan fingerprint density at radius 2 is 0.727 bits per heavy atom. The average Bonchev–Trinajstić information content (AvgIpc) is 2.57. The smallest absolute Gasteiger partial charge is 0.0809 e. The lowest BCUT2D eigenvalue weighted by Gasteiger charge is -2.20. The highest BCUT2D eigenvalue weighted by Crippen LogP contribution is 2.47. The van der Waals surface area contributed by atoms with E-state index in [2.05, 4.69) is 0 Å². The molecular formula is C18H18N4. The number of hydrogen-bond acceptors (Lipinski definition) is 4. The lowest BCUT2D eigenvalue weighted by molar-refractivity contribution is 1.56. The molecule has 0 bridgehead atoms. The molecule has 0 amide bonds. The minimum atomic E-state index is 0.330. The molecule has 0 aliphatic carbocycles. The van der Waals surface area contributed by atoms with Crippen molar-refractivity contribution in [2.24, 2.45) is 0 Å². The maximum atomic E-state index is 6.26. The van der Waals surface area contributed by atoms with Crippen LogP contribution in [0.15, 0.2) is 60.7 Å². The van der Waals surface area contributed by atoms with Crippen LogP contribution in [0.25, 0.3) is 22.3 Å². The molecule has 0 saturated carbocycles. The normalized spacial score (nSPS) is 10.5. The zero-order valence-corrected chi connectivity index (χ0v) is 12.1. The molecule has 0 atom stereocenters. The molecule has 0 fully saturated rings. The summed E-state index contributed by atoms with van der Waals surface area (Å²) in [7, 11) is 0. The van der Waals surface area contributed by atoms with Gasteiger partial charge >= 0.3 is 0 Å². The summed E-state index contributed by atoms with van der Waals surface area (Å²) in [6.45, 7) is 0. The standard InChI is InChI=1S/C18H18N4/c19-15-13(11-7-3-1-4-8-11)14(12-9-5-2-6-10-12)16(20)18(22)17(15)21/h1-10H,19-22H2. The van der Waals surface area contributed by atoms with Crippen molar-refractivity contribution in [2.75, 3.05) is 22.9 Å². The van der Waals surface area contributed by atoms with Crippen LogP contribution >= 0.6 is 0 Å². The predicted molar refractivity (Wildman–Crippen MR) is 95.0 cm³/mol. The van der Waals surface area contributed by atoms with Crippen LogP contribution in [0.3, 0.4) is 0 Å². The van der Waals surface area contributed by atoms with Gasteiger partial charge in [-0.05, 0) is 11.1 Å². The largest absolute Gasteiger partial charge is 0.396 e. The second kappa shape index (κ2) is 5.33. The second-order valence-corrected chi connectivity index (χ2v) is 5.14. The topological polar surface area (TPSA) is 104 Å². The first-order valence-corrected chi connectivity index (χ1v) is 6.98. The fourth-order valence-electron chi connectivity index (χ4n) is 2.64. The molecule has 3 aromatic rings. The van der Waals surface area contributed by atoms with E-state index in [1.54, 1.807) is 0 Å². The van der Waals surface area contributed by atoms with Gasteiger partial charge in [0.05, 0.1) is 22.7 Å². The first kappa shape index (κ1) is 13.8. The molecule has 8 N–H and O–H groups in total. The Balaban J connectivity index is 2.42. The van der Waals surface area contributed by atoms with E-state index in [0.717, 1.165) is 22.3 Å². The van der Waals surface area contributed by atoms with Gasteiger partial charge in [0.1, 0.15) is 0 Å². The fraction of sp³-hybridized carbons (Fsp3) is 0. The maximum Gasteiger partial charge on any atom is 0.0809 e. The highest BCUT2D eigenvalue weighted by Gasteiger charge is 2.20. The van der Waals surface area contributed by atoms with E-state index in [9.17, 15) is 0 Å². The summed E-state index contributed by atoms with van der Waals surface area (Å²) in [6.07, 6.45) is 0. The first-order chi connectivity index (χ1) is 10.6. The molecule has 0 aromatic heterocycles. The van der Waals surface area contributed by atoms with E-state index in [4.69, 9.17) is 22.9 Å². The Hall–Kier alpha value is -3.14. The third-order valence-electron chi connectivity index (χ3n) is 3.78. The van der Waals surface area contributed by atoms with E-state index in [1.165, 1.54) is 0 Å². The number of anilines is 4. The molecule has 3 aromatic carbocycles. The number of nitrogen functional groups attached to an aromatic ring is 4. The minimum absolute atomic E-state index is 0.330. The zero-order chi connectivity index (χ0) is 15.7. The number of nitrogens with two attached hydrogens (primary N) is 4. The van der Waals surface area contributed by atoms with Gasteiger partial charge in [-0.2, -0.15) is 0 Å². The van der Waals surface area contributed by atoms with Crippen molar-refractivity contribution in [2.45, 2.75) is 0 Å². The Kier molecular flexibility index (Phi) is 3.35. The van der Waals surface area contributed by atoms with Gasteiger partial charge in [0.25, 0.3) is 0 Å². The molecule has 22 heavy (non-hydrogen) atoms. The molecule has 0 unspecified atom stereocenters. The van der Waals surface area contributed by atoms with Crippen molar-refractivity contribution in [1.29, 1.82) is 0 Å². The van der Waals surface area contributed by atoms with Crippen molar-refractivity contribution in [3.8, 4) is 22.3 Å². The summed E-state index contributed by atoms with van der Waals surface area (Å²) in [5.74, 6) is 0. The van der Waals surface area contributed by atoms with Gasteiger partial charge < -0.3 is 22.9 Å². The molecule has 4 heteroatoms. The third kappa shape index (κ3) is 2.11. The van der Waals surface area contributed by atoms with Crippen LogP contribution in [-0.2, 0) is 0 Å². The van der Waals surface area contributed by atoms with Crippen LogP contribution in [0.2, 0.25) is 0 Å². The zero-order valence-electron chi connectivity index (χ0n) is 12.1. The lowest BCUT2D eigenvalue weighted by atomic mass is 9.90. The highest BCUT2D eigenvalue weighted by atomic mass is 14.8. The van der Waals surface area contributed by atoms with Crippen LogP contribution in [0, 0.1) is 0 Å². The van der Waals surface area contributed by atoms with Crippen molar-refractivity contribution >= 4 is 22.7 Å². The predicted octanol–water partition coefficient (Wildman–Crippen LogP) is 3.35. The van der Waals surface area contributed by atoms with Gasteiger partial charge in [0, 0.05) is 11.1 Å². The highest BCUT2D eigenvalue weighted by molar-refractivity contribution is 6.07. The van der Waals surface area contributed by atoms with Gasteiger partial charge in [0.2, 0.25) is 0 Å². The summed E-state index contributed by atoms with van der Waals surface area (Å²) < 4.78 is 0. The first-order valence-electron chi connectivity index (χ1n) is 6.98. The van der Waals surface area contributed by atoms with E-state index in [0.29, 0.717) is 22.7 Å². The van der Waals surface area contributed by atoms with E-state index in [-0.39, 0.29) is 0 Å². The average molecular weight is 290 g/mol. The molecule has 0 heterocycles. The minimum Gasteiger partial charge on any atom is -0.396 e. The number of hydrogen-bond donors (Lipinski definition) is 4. The van der Waals surface area contributed by atoms with E-state index >= 15 is 0 Å². The quantitative estimate of drug-likeness (QED) is 0.543. The van der Waals surface area contributed by atoms with Gasteiger partial charge in [-0.15, -0.1) is 0 Å². The second-order valence-electron chi connectivity index (χ2n) is 5.14. The van der Waals surface area contributed by atoms with Crippen LogP contribution < -0.4 is 22.9 Å². The monoisotopic (exact) mass is 290 g/mol. The molecule has 4 nitrogen and oxygen atoms in total. The molecule has 0 radical (unpaired) electrons. The molecular weight excluding hydrogens is 272 g/mol. The van der Waals surface area contributed by atoms with Crippen molar-refractivity contribution < 1.29 is 0 Å². The molecule has 0 aliphatic rings. The van der Waals surface area contributed by atoms with Gasteiger partial charge in [-0.25, -0.2) is 0 Å². The molecule has 0 spiro atoms. The summed E-state index contributed by atoms with van der Waals surface area (Å²) in [5.41, 5.74) is 29.7. The third-order valence-corrected chi connectivity index (χ3v) is 3.78. The SMILES string of the molecule is Nc1c(N)c(N)c(-c2ccccc2)c(-c2ccccc2)c1N. The Bertz CT molecular complexity index is 741. The summed E-state index contributed by atoms with van der Waals surface area (Å²) in [4.78, 5) is 0. The molecule has 3 rings (SSSR count). The molecule has 110 valence electrons. The van der Waals surface area contributed by atoms with Crippen LogP contribution in [0.4, 0.5) is 22.7 Å². The fourth-order valence-corrected chi connectivity index (χ4v) is 2.64. The van der Waals surface area contributed by atoms with Crippen LogP contribution in [0.1, 0.15) is 0 Å². The van der Waals surface area contributed by atoms with Gasteiger partial charge in [0.15, 0.2) is 0 Å². The summed E-state index contributed by atoms with van der Waals surface area (Å²) in [5, 5.41) is 0. The Labute approximate surface area is 129 Å². The molecule has 0 saturated heterocycles. The summed E-state index contributed by atoms with van der Waals surface area (Å²) in [6, 6.07) is 19.6. The van der Waals surface area contributed by atoms with Crippen molar-refractivity contribution in [1.82, 2.24) is 0 Å². The van der Waals surface area contributed by atoms with E-state index in [1.807, 2.05) is 60.7 Å².